The predicted molar refractivity (Wildman–Crippen MR) is 72.0 cm³/mol. The van der Waals surface area contributed by atoms with Crippen molar-refractivity contribution < 1.29 is 9.53 Å². The van der Waals surface area contributed by atoms with Crippen molar-refractivity contribution in [2.24, 2.45) is 0 Å². The summed E-state index contributed by atoms with van der Waals surface area (Å²) in [5.41, 5.74) is 8.11. The Kier molecular flexibility index (Phi) is 2.63. The smallest absolute Gasteiger partial charge is 0.265 e. The summed E-state index contributed by atoms with van der Waals surface area (Å²) < 4.78 is 5.42. The fourth-order valence-corrected chi connectivity index (χ4v) is 2.20. The quantitative estimate of drug-likeness (QED) is 0.852. The van der Waals surface area contributed by atoms with Crippen LogP contribution in [-0.4, -0.2) is 29.3 Å². The molecular weight excluding hydrogens is 244 g/mol. The lowest BCUT2D eigenvalue weighted by atomic mass is 10.1. The number of carbonyl (C=O) groups excluding carboxylic acids is 1. The van der Waals surface area contributed by atoms with Gasteiger partial charge >= 0.3 is 0 Å². The van der Waals surface area contributed by atoms with Gasteiger partial charge in [-0.3, -0.25) is 9.89 Å². The van der Waals surface area contributed by atoms with Crippen molar-refractivity contribution >= 4 is 17.4 Å². The molecule has 1 amide bonds. The van der Waals surface area contributed by atoms with Gasteiger partial charge in [-0.25, -0.2) is 0 Å². The summed E-state index contributed by atoms with van der Waals surface area (Å²) in [6.07, 6.45) is 0. The third kappa shape index (κ3) is 1.91. The molecule has 0 unspecified atom stereocenters. The number of nitrogens with zero attached hydrogens (tertiary/aromatic N) is 2. The molecule has 98 valence electrons. The molecule has 3 rings (SSSR count). The number of benzene rings is 1. The summed E-state index contributed by atoms with van der Waals surface area (Å²) in [7, 11) is 0. The number of hydrogen-bond acceptors (Lipinski definition) is 4. The summed E-state index contributed by atoms with van der Waals surface area (Å²) in [6, 6.07) is 7.43. The van der Waals surface area contributed by atoms with Gasteiger partial charge < -0.3 is 15.4 Å². The van der Waals surface area contributed by atoms with Crippen LogP contribution in [0, 0.1) is 0 Å². The lowest BCUT2D eigenvalue weighted by Gasteiger charge is -2.28. The van der Waals surface area contributed by atoms with Crippen LogP contribution >= 0.6 is 0 Å². The van der Waals surface area contributed by atoms with E-state index in [0.717, 1.165) is 22.7 Å². The zero-order chi connectivity index (χ0) is 13.4. The number of aromatic amines is 1. The highest BCUT2D eigenvalue weighted by molar-refractivity contribution is 5.98. The molecule has 0 radical (unpaired) electrons. The number of nitrogens with two attached hydrogens (primary N) is 1. The van der Waals surface area contributed by atoms with Crippen LogP contribution in [0.4, 0.5) is 11.5 Å². The van der Waals surface area contributed by atoms with E-state index in [1.54, 1.807) is 11.0 Å². The topological polar surface area (TPSA) is 84.2 Å². The number of amides is 1. The first-order chi connectivity index (χ1) is 9.19. The molecule has 0 aliphatic carbocycles. The molecule has 0 spiro atoms. The molecule has 3 N–H and O–H groups in total. The van der Waals surface area contributed by atoms with E-state index in [4.69, 9.17) is 10.5 Å². The molecule has 2 heterocycles. The van der Waals surface area contributed by atoms with Gasteiger partial charge in [0.05, 0.1) is 11.4 Å². The molecule has 6 nitrogen and oxygen atoms in total. The average Bonchev–Trinajstić information content (AvgIpc) is 2.85. The van der Waals surface area contributed by atoms with Crippen LogP contribution in [0.3, 0.4) is 0 Å². The summed E-state index contributed by atoms with van der Waals surface area (Å²) in [4.78, 5) is 13.5. The number of likely N-dealkylation sites (N-methyl/N-ethyl adjacent to an activating group) is 1. The number of nitrogens with one attached hydrogen (secondary N) is 1. The van der Waals surface area contributed by atoms with Crippen LogP contribution < -0.4 is 15.4 Å². The fourth-order valence-electron chi connectivity index (χ4n) is 2.20. The van der Waals surface area contributed by atoms with E-state index in [1.165, 1.54) is 0 Å². The highest BCUT2D eigenvalue weighted by Crippen LogP contribution is 2.35. The Morgan fingerprint density at radius 1 is 1.47 bits per heavy atom. The van der Waals surface area contributed by atoms with E-state index >= 15 is 0 Å². The van der Waals surface area contributed by atoms with Gasteiger partial charge in [0.15, 0.2) is 6.61 Å². The Balaban J connectivity index is 2.07. The Bertz CT molecular complexity index is 635. The molecule has 0 bridgehead atoms. The zero-order valence-corrected chi connectivity index (χ0v) is 10.5. The molecule has 1 aliphatic rings. The second-order valence-electron chi connectivity index (χ2n) is 4.32. The molecule has 1 aliphatic heterocycles. The number of H-pyrrole nitrogens is 1. The number of nitrogen functional groups attached to an aromatic ring is 1. The van der Waals surface area contributed by atoms with E-state index in [2.05, 4.69) is 10.2 Å². The van der Waals surface area contributed by atoms with Gasteiger partial charge in [0, 0.05) is 18.2 Å². The number of aromatic nitrogens is 2. The Morgan fingerprint density at radius 2 is 2.32 bits per heavy atom. The lowest BCUT2D eigenvalue weighted by Crippen LogP contribution is -2.38. The highest BCUT2D eigenvalue weighted by Gasteiger charge is 2.24. The maximum absolute atomic E-state index is 11.8. The standard InChI is InChI=1S/C13H14N4O2/c1-2-17-10-5-8(9-6-12(14)16-15-9)3-4-11(10)19-7-13(17)18/h3-6H,2,7H2,1H3,(H3,14,15,16). The van der Waals surface area contributed by atoms with E-state index in [1.807, 2.05) is 25.1 Å². The Labute approximate surface area is 110 Å². The summed E-state index contributed by atoms with van der Waals surface area (Å²) in [5.74, 6) is 1.13. The van der Waals surface area contributed by atoms with Crippen molar-refractivity contribution in [3.05, 3.63) is 24.3 Å². The normalized spacial score (nSPS) is 14.2. The number of rotatable bonds is 2. The van der Waals surface area contributed by atoms with Gasteiger partial charge in [0.1, 0.15) is 11.6 Å². The van der Waals surface area contributed by atoms with Crippen LogP contribution in [0.5, 0.6) is 5.75 Å². The van der Waals surface area contributed by atoms with E-state index < -0.39 is 0 Å². The van der Waals surface area contributed by atoms with Gasteiger partial charge in [0.25, 0.3) is 5.91 Å². The van der Waals surface area contributed by atoms with Crippen molar-refractivity contribution in [3.63, 3.8) is 0 Å². The highest BCUT2D eigenvalue weighted by atomic mass is 16.5. The van der Waals surface area contributed by atoms with Crippen molar-refractivity contribution in [2.75, 3.05) is 23.8 Å². The molecule has 2 aromatic rings. The lowest BCUT2D eigenvalue weighted by molar-refractivity contribution is -0.121. The minimum Gasteiger partial charge on any atom is -0.482 e. The van der Waals surface area contributed by atoms with Crippen molar-refractivity contribution in [1.82, 2.24) is 10.2 Å². The van der Waals surface area contributed by atoms with Gasteiger partial charge in [-0.2, -0.15) is 5.10 Å². The molecule has 0 atom stereocenters. The first-order valence-electron chi connectivity index (χ1n) is 6.07. The first kappa shape index (κ1) is 11.6. The summed E-state index contributed by atoms with van der Waals surface area (Å²) in [6.45, 7) is 2.65. The molecule has 6 heteroatoms. The molecule has 0 saturated heterocycles. The fraction of sp³-hybridized carbons (Fsp3) is 0.231. The van der Waals surface area contributed by atoms with Crippen LogP contribution in [0.2, 0.25) is 0 Å². The first-order valence-corrected chi connectivity index (χ1v) is 6.07. The van der Waals surface area contributed by atoms with Gasteiger partial charge in [-0.05, 0) is 25.1 Å². The molecular formula is C13H14N4O2. The maximum Gasteiger partial charge on any atom is 0.265 e. The van der Waals surface area contributed by atoms with Crippen LogP contribution in [0.25, 0.3) is 11.3 Å². The van der Waals surface area contributed by atoms with Crippen molar-refractivity contribution in [1.29, 1.82) is 0 Å². The second kappa shape index (κ2) is 4.31. The predicted octanol–water partition coefficient (Wildman–Crippen LogP) is 1.40. The van der Waals surface area contributed by atoms with Crippen molar-refractivity contribution in [2.45, 2.75) is 6.92 Å². The van der Waals surface area contributed by atoms with Gasteiger partial charge in [-0.15, -0.1) is 0 Å². The van der Waals surface area contributed by atoms with E-state index in [0.29, 0.717) is 12.4 Å². The van der Waals surface area contributed by atoms with Gasteiger partial charge in [-0.1, -0.05) is 0 Å². The van der Waals surface area contributed by atoms with E-state index in [9.17, 15) is 4.79 Å². The summed E-state index contributed by atoms with van der Waals surface area (Å²) in [5, 5.41) is 6.75. The molecule has 0 saturated carbocycles. The largest absolute Gasteiger partial charge is 0.482 e. The molecule has 19 heavy (non-hydrogen) atoms. The average molecular weight is 258 g/mol. The van der Waals surface area contributed by atoms with Gasteiger partial charge in [0.2, 0.25) is 0 Å². The minimum atomic E-state index is -0.0312. The monoisotopic (exact) mass is 258 g/mol. The number of anilines is 2. The van der Waals surface area contributed by atoms with Crippen LogP contribution in [0.1, 0.15) is 6.92 Å². The minimum absolute atomic E-state index is 0.0312. The van der Waals surface area contributed by atoms with E-state index in [-0.39, 0.29) is 12.5 Å². The number of fused-ring (bicyclic) bond motifs is 1. The Hall–Kier alpha value is -2.50. The number of carbonyl (C=O) groups is 1. The number of hydrogen-bond donors (Lipinski definition) is 2. The summed E-state index contributed by atoms with van der Waals surface area (Å²) >= 11 is 0. The Morgan fingerprint density at radius 3 is 3.00 bits per heavy atom. The number of ether oxygens (including phenoxy) is 1. The SMILES string of the molecule is CCN1C(=O)COc2ccc(-c3cc(N)n[nH]3)cc21. The van der Waals surface area contributed by atoms with Crippen LogP contribution in [-0.2, 0) is 4.79 Å². The second-order valence-corrected chi connectivity index (χ2v) is 4.32. The molecule has 1 aromatic heterocycles. The molecule has 1 aromatic carbocycles. The third-order valence-corrected chi connectivity index (χ3v) is 3.13. The van der Waals surface area contributed by atoms with Crippen molar-refractivity contribution in [3.8, 4) is 17.0 Å². The molecule has 0 fully saturated rings. The van der Waals surface area contributed by atoms with Crippen LogP contribution in [0.15, 0.2) is 24.3 Å². The third-order valence-electron chi connectivity index (χ3n) is 3.13. The zero-order valence-electron chi connectivity index (χ0n) is 10.5. The maximum atomic E-state index is 11.8.